The maximum atomic E-state index is 10.8. The number of fused-ring (bicyclic) bond motifs is 1. The van der Waals surface area contributed by atoms with Gasteiger partial charge in [-0.25, -0.2) is 9.67 Å². The lowest BCUT2D eigenvalue weighted by Gasteiger charge is -2.02. The Bertz CT molecular complexity index is 830. The number of aromatic nitrogens is 3. The molecule has 0 aliphatic heterocycles. The molecule has 3 rings (SSSR count). The van der Waals surface area contributed by atoms with E-state index >= 15 is 0 Å². The number of benzene rings is 1. The molecular weight excluding hydrogens is 326 g/mol. The Kier molecular flexibility index (Phi) is 2.87. The van der Waals surface area contributed by atoms with E-state index in [1.807, 2.05) is 0 Å². The number of nitro groups is 1. The first-order chi connectivity index (χ1) is 9.56. The van der Waals surface area contributed by atoms with Crippen LogP contribution in [0.1, 0.15) is 0 Å². The number of hydrogen-bond acceptors (Lipinski definition) is 5. The van der Waals surface area contributed by atoms with E-state index in [1.165, 1.54) is 16.8 Å². The highest BCUT2D eigenvalue weighted by Crippen LogP contribution is 2.26. The smallest absolute Gasteiger partial charge is 0.271 e. The third-order valence-electron chi connectivity index (χ3n) is 2.80. The number of hydrogen-bond donors (Lipinski definition) is 1. The van der Waals surface area contributed by atoms with Crippen LogP contribution in [-0.4, -0.2) is 19.7 Å². The number of nitrogens with two attached hydrogens (primary N) is 1. The van der Waals surface area contributed by atoms with Gasteiger partial charge in [-0.05, 0) is 28.1 Å². The van der Waals surface area contributed by atoms with Crippen LogP contribution in [0.25, 0.3) is 16.7 Å². The van der Waals surface area contributed by atoms with Crippen LogP contribution in [0.15, 0.2) is 41.0 Å². The van der Waals surface area contributed by atoms with E-state index in [0.29, 0.717) is 22.5 Å². The van der Waals surface area contributed by atoms with Crippen molar-refractivity contribution < 1.29 is 4.92 Å². The second-order valence-corrected chi connectivity index (χ2v) is 5.01. The zero-order valence-electron chi connectivity index (χ0n) is 10.0. The molecule has 1 aromatic carbocycles. The van der Waals surface area contributed by atoms with Crippen LogP contribution in [0, 0.1) is 10.1 Å². The summed E-state index contributed by atoms with van der Waals surface area (Å²) < 4.78 is 2.28. The Hall–Kier alpha value is -2.48. The van der Waals surface area contributed by atoms with E-state index < -0.39 is 4.92 Å². The van der Waals surface area contributed by atoms with E-state index in [-0.39, 0.29) is 5.69 Å². The average Bonchev–Trinajstić information content (AvgIpc) is 2.76. The largest absolute Gasteiger partial charge is 0.382 e. The summed E-state index contributed by atoms with van der Waals surface area (Å²) in [5, 5.41) is 15.7. The highest BCUT2D eigenvalue weighted by molar-refractivity contribution is 9.10. The van der Waals surface area contributed by atoms with Crippen LogP contribution in [0.5, 0.6) is 0 Å². The standard InChI is InChI=1S/C12H8BrN5O2/c13-7-4-10-11(14)16-17(12(10)15-6-7)8-2-1-3-9(5-8)18(19)20/h1-6H,(H2,14,16). The zero-order valence-corrected chi connectivity index (χ0v) is 11.6. The molecule has 2 N–H and O–H groups in total. The molecular formula is C12H8BrN5O2. The summed E-state index contributed by atoms with van der Waals surface area (Å²) in [5.41, 5.74) is 6.93. The number of rotatable bonds is 2. The maximum Gasteiger partial charge on any atom is 0.271 e. The van der Waals surface area contributed by atoms with Crippen molar-refractivity contribution in [1.82, 2.24) is 14.8 Å². The summed E-state index contributed by atoms with van der Waals surface area (Å²) in [7, 11) is 0. The van der Waals surface area contributed by atoms with Gasteiger partial charge in [-0.1, -0.05) is 6.07 Å². The minimum absolute atomic E-state index is 0.0122. The van der Waals surface area contributed by atoms with E-state index in [1.54, 1.807) is 24.4 Å². The van der Waals surface area contributed by atoms with E-state index in [4.69, 9.17) is 5.73 Å². The SMILES string of the molecule is Nc1nn(-c2cccc([N+](=O)[O-])c2)c2ncc(Br)cc12. The lowest BCUT2D eigenvalue weighted by Crippen LogP contribution is -1.99. The number of nitro benzene ring substituents is 1. The molecule has 0 saturated carbocycles. The van der Waals surface area contributed by atoms with Gasteiger partial charge in [-0.15, -0.1) is 5.10 Å². The molecule has 0 aliphatic carbocycles. The number of halogens is 1. The van der Waals surface area contributed by atoms with Crippen LogP contribution in [-0.2, 0) is 0 Å². The molecule has 0 fully saturated rings. The van der Waals surface area contributed by atoms with Gasteiger partial charge in [0.2, 0.25) is 0 Å². The monoisotopic (exact) mass is 333 g/mol. The van der Waals surface area contributed by atoms with Crippen molar-refractivity contribution in [3.05, 3.63) is 51.1 Å². The second kappa shape index (κ2) is 4.57. The third-order valence-corrected chi connectivity index (χ3v) is 3.24. The highest BCUT2D eigenvalue weighted by atomic mass is 79.9. The quantitative estimate of drug-likeness (QED) is 0.574. The Balaban J connectivity index is 2.24. The fourth-order valence-corrected chi connectivity index (χ4v) is 2.25. The number of non-ortho nitro benzene ring substituents is 1. The molecule has 0 saturated heterocycles. The number of anilines is 1. The van der Waals surface area contributed by atoms with Gasteiger partial charge < -0.3 is 5.73 Å². The Morgan fingerprint density at radius 1 is 1.35 bits per heavy atom. The predicted molar refractivity (Wildman–Crippen MR) is 77.6 cm³/mol. The topological polar surface area (TPSA) is 99.9 Å². The normalized spacial score (nSPS) is 10.8. The van der Waals surface area contributed by atoms with Crippen molar-refractivity contribution in [2.24, 2.45) is 0 Å². The van der Waals surface area contributed by atoms with Crippen molar-refractivity contribution in [3.63, 3.8) is 0 Å². The number of pyridine rings is 1. The number of nitrogens with zero attached hydrogens (tertiary/aromatic N) is 4. The summed E-state index contributed by atoms with van der Waals surface area (Å²) in [4.78, 5) is 14.6. The van der Waals surface area contributed by atoms with Gasteiger partial charge in [0.1, 0.15) is 0 Å². The first kappa shape index (κ1) is 12.5. The van der Waals surface area contributed by atoms with Gasteiger partial charge in [-0.2, -0.15) is 0 Å². The third kappa shape index (κ3) is 1.99. The zero-order chi connectivity index (χ0) is 14.3. The van der Waals surface area contributed by atoms with Gasteiger partial charge in [0, 0.05) is 22.8 Å². The first-order valence-electron chi connectivity index (χ1n) is 5.61. The summed E-state index contributed by atoms with van der Waals surface area (Å²) in [6.07, 6.45) is 1.62. The highest BCUT2D eigenvalue weighted by Gasteiger charge is 2.13. The molecule has 100 valence electrons. The van der Waals surface area contributed by atoms with Crippen molar-refractivity contribution >= 4 is 38.5 Å². The molecule has 2 heterocycles. The molecule has 0 atom stereocenters. The minimum atomic E-state index is -0.456. The van der Waals surface area contributed by atoms with Crippen molar-refractivity contribution in [1.29, 1.82) is 0 Å². The van der Waals surface area contributed by atoms with E-state index in [2.05, 4.69) is 26.0 Å². The molecule has 2 aromatic heterocycles. The van der Waals surface area contributed by atoms with Crippen LogP contribution in [0.3, 0.4) is 0 Å². The van der Waals surface area contributed by atoms with Gasteiger partial charge >= 0.3 is 0 Å². The molecule has 20 heavy (non-hydrogen) atoms. The van der Waals surface area contributed by atoms with Crippen molar-refractivity contribution in [3.8, 4) is 5.69 Å². The van der Waals surface area contributed by atoms with Crippen LogP contribution >= 0.6 is 15.9 Å². The van der Waals surface area contributed by atoms with E-state index in [9.17, 15) is 10.1 Å². The van der Waals surface area contributed by atoms with Gasteiger partial charge in [0.15, 0.2) is 11.5 Å². The summed E-state index contributed by atoms with van der Waals surface area (Å²) in [5.74, 6) is 0.320. The molecule has 3 aromatic rings. The lowest BCUT2D eigenvalue weighted by atomic mass is 10.3. The molecule has 0 radical (unpaired) electrons. The van der Waals surface area contributed by atoms with Crippen molar-refractivity contribution in [2.45, 2.75) is 0 Å². The predicted octanol–water partition coefficient (Wildman–Crippen LogP) is 2.67. The van der Waals surface area contributed by atoms with Gasteiger partial charge in [0.25, 0.3) is 5.69 Å². The maximum absolute atomic E-state index is 10.8. The molecule has 0 spiro atoms. The molecule has 0 amide bonds. The summed E-state index contributed by atoms with van der Waals surface area (Å²) >= 11 is 3.32. The average molecular weight is 334 g/mol. The molecule has 0 unspecified atom stereocenters. The molecule has 0 aliphatic rings. The van der Waals surface area contributed by atoms with Gasteiger partial charge in [0.05, 0.1) is 16.0 Å². The Morgan fingerprint density at radius 2 is 2.15 bits per heavy atom. The fourth-order valence-electron chi connectivity index (χ4n) is 1.92. The van der Waals surface area contributed by atoms with Crippen molar-refractivity contribution in [2.75, 3.05) is 5.73 Å². The van der Waals surface area contributed by atoms with Crippen LogP contribution < -0.4 is 5.73 Å². The molecule has 8 heteroatoms. The number of nitrogen functional groups attached to an aromatic ring is 1. The van der Waals surface area contributed by atoms with Gasteiger partial charge in [-0.3, -0.25) is 10.1 Å². The Labute approximate surface area is 121 Å². The van der Waals surface area contributed by atoms with Crippen LogP contribution in [0.2, 0.25) is 0 Å². The van der Waals surface area contributed by atoms with Crippen LogP contribution in [0.4, 0.5) is 11.5 Å². The molecule has 0 bridgehead atoms. The molecule has 7 nitrogen and oxygen atoms in total. The fraction of sp³-hybridized carbons (Fsp3) is 0. The summed E-state index contributed by atoms with van der Waals surface area (Å²) in [6, 6.07) is 7.95. The first-order valence-corrected chi connectivity index (χ1v) is 6.40. The Morgan fingerprint density at radius 3 is 2.90 bits per heavy atom. The summed E-state index contributed by atoms with van der Waals surface area (Å²) in [6.45, 7) is 0. The second-order valence-electron chi connectivity index (χ2n) is 4.10. The van der Waals surface area contributed by atoms with E-state index in [0.717, 1.165) is 4.47 Å². The minimum Gasteiger partial charge on any atom is -0.382 e. The lowest BCUT2D eigenvalue weighted by molar-refractivity contribution is -0.384.